The number of aromatic nitrogens is 2. The van der Waals surface area contributed by atoms with E-state index in [2.05, 4.69) is 20.3 Å². The maximum atomic E-state index is 11.9. The summed E-state index contributed by atoms with van der Waals surface area (Å²) in [5, 5.41) is 3.59. The Labute approximate surface area is 150 Å². The molecule has 0 saturated carbocycles. The second kappa shape index (κ2) is 8.25. The molecule has 0 fully saturated rings. The van der Waals surface area contributed by atoms with Crippen LogP contribution < -0.4 is 16.8 Å². The highest BCUT2D eigenvalue weighted by Gasteiger charge is 2.12. The summed E-state index contributed by atoms with van der Waals surface area (Å²) in [6.45, 7) is 2.00. The summed E-state index contributed by atoms with van der Waals surface area (Å²) >= 11 is 6.05. The highest BCUT2D eigenvalue weighted by atomic mass is 35.5. The lowest BCUT2D eigenvalue weighted by molar-refractivity contribution is -0.114. The Hall–Kier alpha value is -2.93. The van der Waals surface area contributed by atoms with Gasteiger partial charge in [-0.2, -0.15) is 0 Å². The average molecular weight is 359 g/mol. The predicted octanol–water partition coefficient (Wildman–Crippen LogP) is 2.17. The van der Waals surface area contributed by atoms with Crippen LogP contribution in [-0.2, 0) is 11.2 Å². The third-order valence-electron chi connectivity index (χ3n) is 3.45. The van der Waals surface area contributed by atoms with Crippen LogP contribution in [0, 0.1) is 0 Å². The van der Waals surface area contributed by atoms with Crippen LogP contribution in [0.3, 0.4) is 0 Å². The zero-order chi connectivity index (χ0) is 18.4. The van der Waals surface area contributed by atoms with Crippen LogP contribution in [0.5, 0.6) is 0 Å². The van der Waals surface area contributed by atoms with Gasteiger partial charge in [-0.3, -0.25) is 9.79 Å². The fourth-order valence-electron chi connectivity index (χ4n) is 2.19. The molecule has 0 atom stereocenters. The maximum absolute atomic E-state index is 11.9. The molecule has 25 heavy (non-hydrogen) atoms. The van der Waals surface area contributed by atoms with Gasteiger partial charge in [-0.1, -0.05) is 24.6 Å². The highest BCUT2D eigenvalue weighted by Crippen LogP contribution is 2.23. The van der Waals surface area contributed by atoms with E-state index in [1.165, 1.54) is 12.3 Å². The van der Waals surface area contributed by atoms with Gasteiger partial charge >= 0.3 is 0 Å². The molecular formula is C17H19ClN6O. The Morgan fingerprint density at radius 1 is 1.40 bits per heavy atom. The Kier molecular flexibility index (Phi) is 6.08. The van der Waals surface area contributed by atoms with Gasteiger partial charge in [0, 0.05) is 24.0 Å². The Morgan fingerprint density at radius 3 is 2.76 bits per heavy atom. The van der Waals surface area contributed by atoms with E-state index in [4.69, 9.17) is 23.1 Å². The van der Waals surface area contributed by atoms with E-state index >= 15 is 0 Å². The number of nitrogens with one attached hydrogen (secondary N) is 1. The van der Waals surface area contributed by atoms with E-state index in [0.717, 1.165) is 12.0 Å². The monoisotopic (exact) mass is 358 g/mol. The highest BCUT2D eigenvalue weighted by molar-refractivity contribution is 6.30. The number of aryl methyl sites for hydroxylation is 1. The van der Waals surface area contributed by atoms with Crippen LogP contribution in [0.25, 0.3) is 0 Å². The van der Waals surface area contributed by atoms with E-state index in [1.807, 2.05) is 13.0 Å². The summed E-state index contributed by atoms with van der Waals surface area (Å²) in [7, 11) is 1.58. The molecule has 0 aliphatic carbocycles. The number of primary amides is 1. The van der Waals surface area contributed by atoms with Crippen molar-refractivity contribution in [1.82, 2.24) is 9.97 Å². The molecule has 5 N–H and O–H groups in total. The maximum Gasteiger partial charge on any atom is 0.265 e. The van der Waals surface area contributed by atoms with Gasteiger partial charge in [-0.05, 0) is 36.3 Å². The second-order valence-corrected chi connectivity index (χ2v) is 5.55. The number of nitrogens with two attached hydrogens (primary N) is 2. The molecule has 8 heteroatoms. The van der Waals surface area contributed by atoms with Gasteiger partial charge in [0.05, 0.1) is 11.4 Å². The fraction of sp³-hybridized carbons (Fsp3) is 0.176. The lowest BCUT2D eigenvalue weighted by atomic mass is 10.1. The average Bonchev–Trinajstić information content (AvgIpc) is 2.58. The fourth-order valence-corrected chi connectivity index (χ4v) is 2.37. The van der Waals surface area contributed by atoms with Gasteiger partial charge in [0.2, 0.25) is 5.95 Å². The van der Waals surface area contributed by atoms with Gasteiger partial charge in [0.15, 0.2) is 0 Å². The first-order valence-electron chi connectivity index (χ1n) is 7.57. The number of hydrogen-bond donors (Lipinski definition) is 3. The van der Waals surface area contributed by atoms with Crippen molar-refractivity contribution in [3.8, 4) is 0 Å². The van der Waals surface area contributed by atoms with Crippen molar-refractivity contribution >= 4 is 34.9 Å². The van der Waals surface area contributed by atoms with Gasteiger partial charge in [0.25, 0.3) is 5.91 Å². The van der Waals surface area contributed by atoms with Crippen molar-refractivity contribution in [3.63, 3.8) is 0 Å². The minimum Gasteiger partial charge on any atom is -0.368 e. The molecule has 7 nitrogen and oxygen atoms in total. The van der Waals surface area contributed by atoms with Crippen molar-refractivity contribution in [2.75, 3.05) is 18.1 Å². The van der Waals surface area contributed by atoms with Crippen LogP contribution in [0.4, 0.5) is 11.6 Å². The summed E-state index contributed by atoms with van der Waals surface area (Å²) < 4.78 is 0. The lowest BCUT2D eigenvalue weighted by Gasteiger charge is -2.13. The molecule has 0 saturated heterocycles. The number of anilines is 2. The molecular weight excluding hydrogens is 340 g/mol. The van der Waals surface area contributed by atoms with E-state index in [9.17, 15) is 4.79 Å². The second-order valence-electron chi connectivity index (χ2n) is 5.11. The smallest absolute Gasteiger partial charge is 0.265 e. The van der Waals surface area contributed by atoms with E-state index in [0.29, 0.717) is 22.1 Å². The van der Waals surface area contributed by atoms with Crippen LogP contribution in [0.2, 0.25) is 5.02 Å². The van der Waals surface area contributed by atoms with Gasteiger partial charge < -0.3 is 16.8 Å². The molecule has 0 unspecified atom stereocenters. The van der Waals surface area contributed by atoms with Crippen molar-refractivity contribution in [2.24, 2.45) is 10.7 Å². The first-order chi connectivity index (χ1) is 11.9. The number of carbonyl (C=O) groups is 1. The number of hydrogen-bond acceptors (Lipinski definition) is 6. The summed E-state index contributed by atoms with van der Waals surface area (Å²) in [6.07, 6.45) is 3.80. The van der Waals surface area contributed by atoms with Crippen LogP contribution in [-0.4, -0.2) is 28.6 Å². The summed E-state index contributed by atoms with van der Waals surface area (Å²) in [4.78, 5) is 24.0. The molecule has 0 aliphatic heterocycles. The first kappa shape index (κ1) is 18.4. The number of rotatable bonds is 6. The SMILES string of the molecule is CCc1ccc(Cl)cc1NC(=CC(=NC)c1ccnc(N)n1)C(N)=O. The van der Waals surface area contributed by atoms with Gasteiger partial charge in [0.1, 0.15) is 5.70 Å². The first-order valence-corrected chi connectivity index (χ1v) is 7.95. The largest absolute Gasteiger partial charge is 0.368 e. The minimum atomic E-state index is -0.634. The molecule has 0 radical (unpaired) electrons. The number of nitrogens with zero attached hydrogens (tertiary/aromatic N) is 3. The van der Waals surface area contributed by atoms with Gasteiger partial charge in [-0.25, -0.2) is 9.97 Å². The lowest BCUT2D eigenvalue weighted by Crippen LogP contribution is -2.22. The Balaban J connectivity index is 2.42. The van der Waals surface area contributed by atoms with Crippen LogP contribution >= 0.6 is 11.6 Å². The number of halogens is 1. The van der Waals surface area contributed by atoms with Crippen LogP contribution in [0.15, 0.2) is 47.2 Å². The molecule has 130 valence electrons. The molecule has 2 aromatic rings. The van der Waals surface area contributed by atoms with E-state index < -0.39 is 5.91 Å². The number of allylic oxidation sites excluding steroid dienone is 1. The molecule has 1 aromatic carbocycles. The topological polar surface area (TPSA) is 119 Å². The summed E-state index contributed by atoms with van der Waals surface area (Å²) in [5.74, 6) is -0.519. The van der Waals surface area contributed by atoms with Crippen molar-refractivity contribution in [3.05, 3.63) is 58.5 Å². The molecule has 2 rings (SSSR count). The third kappa shape index (κ3) is 4.77. The summed E-state index contributed by atoms with van der Waals surface area (Å²) in [6, 6.07) is 7.07. The number of nitrogen functional groups attached to an aromatic ring is 1. The minimum absolute atomic E-state index is 0.115. The Morgan fingerprint density at radius 2 is 2.16 bits per heavy atom. The van der Waals surface area contributed by atoms with Gasteiger partial charge in [-0.15, -0.1) is 0 Å². The number of benzene rings is 1. The van der Waals surface area contributed by atoms with Crippen LogP contribution in [0.1, 0.15) is 18.2 Å². The molecule has 0 bridgehead atoms. The molecule has 1 aromatic heterocycles. The number of aliphatic imine (C=N–C) groups is 1. The summed E-state index contributed by atoms with van der Waals surface area (Å²) in [5.41, 5.74) is 13.9. The normalized spacial score (nSPS) is 12.1. The van der Waals surface area contributed by atoms with Crippen molar-refractivity contribution in [1.29, 1.82) is 0 Å². The number of carbonyl (C=O) groups excluding carboxylic acids is 1. The zero-order valence-corrected chi connectivity index (χ0v) is 14.7. The quantitative estimate of drug-likeness (QED) is 0.540. The van der Waals surface area contributed by atoms with Crippen molar-refractivity contribution in [2.45, 2.75) is 13.3 Å². The molecule has 0 spiro atoms. The third-order valence-corrected chi connectivity index (χ3v) is 3.68. The molecule has 1 amide bonds. The van der Waals surface area contributed by atoms with E-state index in [-0.39, 0.29) is 11.6 Å². The number of amides is 1. The zero-order valence-electron chi connectivity index (χ0n) is 14.0. The Bertz CT molecular complexity index is 847. The van der Waals surface area contributed by atoms with Crippen molar-refractivity contribution < 1.29 is 4.79 Å². The van der Waals surface area contributed by atoms with E-state index in [1.54, 1.807) is 25.2 Å². The molecule has 1 heterocycles. The standard InChI is InChI=1S/C17H19ClN6O/c1-3-10-4-5-11(18)8-13(10)23-15(16(19)25)9-14(21-2)12-6-7-22-17(20)24-12/h4-9,23H,3H2,1-2H3,(H2,19,25)(H2,20,22,24). The predicted molar refractivity (Wildman–Crippen MR) is 101 cm³/mol. The molecule has 0 aliphatic rings.